The third-order valence-corrected chi connectivity index (χ3v) is 5.03. The summed E-state index contributed by atoms with van der Waals surface area (Å²) in [5.41, 5.74) is 6.86. The molecule has 4 rings (SSSR count). The van der Waals surface area contributed by atoms with Crippen LogP contribution in [0, 0.1) is 13.8 Å². The fourth-order valence-corrected chi connectivity index (χ4v) is 3.51. The lowest BCUT2D eigenvalue weighted by atomic mass is 10.1. The highest BCUT2D eigenvalue weighted by Crippen LogP contribution is 2.29. The lowest BCUT2D eigenvalue weighted by Crippen LogP contribution is -2.06. The fraction of sp³-hybridized carbons (Fsp3) is 0.167. The van der Waals surface area contributed by atoms with E-state index in [2.05, 4.69) is 27.2 Å². The van der Waals surface area contributed by atoms with Crippen LogP contribution in [0.3, 0.4) is 0 Å². The number of nitrogens with zero attached hydrogens (tertiary/aromatic N) is 2. The highest BCUT2D eigenvalue weighted by atomic mass is 16.3. The standard InChI is InChI=1S/C24H24N4O/c1-16-6-5-8-22-23(16)20(24(29)28-22)15-27-19-9-10-21(17(2)14-19)26-13-11-18-7-3-4-12-25-18/h3-10,12,14-15,26,28-29H,11,13H2,1-2H3. The van der Waals surface area contributed by atoms with Crippen LogP contribution in [0.4, 0.5) is 11.4 Å². The van der Waals surface area contributed by atoms with E-state index in [1.165, 1.54) is 0 Å². The van der Waals surface area contributed by atoms with Crippen LogP contribution in [0.25, 0.3) is 10.9 Å². The number of aromatic hydroxyl groups is 1. The molecule has 146 valence electrons. The Morgan fingerprint density at radius 3 is 2.76 bits per heavy atom. The van der Waals surface area contributed by atoms with Crippen LogP contribution in [-0.4, -0.2) is 27.8 Å². The van der Waals surface area contributed by atoms with Gasteiger partial charge in [-0.15, -0.1) is 0 Å². The van der Waals surface area contributed by atoms with E-state index in [4.69, 9.17) is 0 Å². The van der Waals surface area contributed by atoms with E-state index in [0.717, 1.165) is 52.1 Å². The van der Waals surface area contributed by atoms with Crippen molar-refractivity contribution in [1.29, 1.82) is 0 Å². The summed E-state index contributed by atoms with van der Waals surface area (Å²) in [6.07, 6.45) is 4.42. The van der Waals surface area contributed by atoms with Crippen molar-refractivity contribution >= 4 is 28.5 Å². The number of rotatable bonds is 6. The Balaban J connectivity index is 1.48. The SMILES string of the molecule is Cc1cc(N=Cc2c(O)[nH]c3cccc(C)c23)ccc1NCCc1ccccn1. The van der Waals surface area contributed by atoms with Gasteiger partial charge >= 0.3 is 0 Å². The van der Waals surface area contributed by atoms with Gasteiger partial charge in [-0.25, -0.2) is 0 Å². The van der Waals surface area contributed by atoms with Crippen molar-refractivity contribution in [2.45, 2.75) is 20.3 Å². The van der Waals surface area contributed by atoms with E-state index >= 15 is 0 Å². The second-order valence-corrected chi connectivity index (χ2v) is 7.14. The van der Waals surface area contributed by atoms with E-state index in [1.807, 2.05) is 67.7 Å². The number of anilines is 1. The van der Waals surface area contributed by atoms with Crippen LogP contribution < -0.4 is 5.32 Å². The summed E-state index contributed by atoms with van der Waals surface area (Å²) in [6, 6.07) is 18.0. The molecule has 5 heteroatoms. The molecule has 2 aromatic carbocycles. The van der Waals surface area contributed by atoms with Crippen LogP contribution >= 0.6 is 0 Å². The zero-order valence-corrected chi connectivity index (χ0v) is 16.6. The molecule has 0 aliphatic carbocycles. The van der Waals surface area contributed by atoms with Crippen molar-refractivity contribution < 1.29 is 5.11 Å². The maximum absolute atomic E-state index is 10.3. The Labute approximate surface area is 170 Å². The van der Waals surface area contributed by atoms with Gasteiger partial charge in [-0.05, 0) is 61.4 Å². The molecule has 5 nitrogen and oxygen atoms in total. The van der Waals surface area contributed by atoms with Crippen molar-refractivity contribution in [3.63, 3.8) is 0 Å². The molecule has 4 aromatic rings. The molecule has 0 spiro atoms. The molecule has 0 amide bonds. The van der Waals surface area contributed by atoms with Crippen LogP contribution in [0.5, 0.6) is 5.88 Å². The van der Waals surface area contributed by atoms with Gasteiger partial charge in [-0.3, -0.25) is 9.98 Å². The summed E-state index contributed by atoms with van der Waals surface area (Å²) >= 11 is 0. The van der Waals surface area contributed by atoms with Gasteiger partial charge in [0, 0.05) is 47.7 Å². The van der Waals surface area contributed by atoms with Crippen molar-refractivity contribution in [2.24, 2.45) is 4.99 Å². The zero-order valence-electron chi connectivity index (χ0n) is 16.6. The average Bonchev–Trinajstić information content (AvgIpc) is 3.05. The Morgan fingerprint density at radius 2 is 1.97 bits per heavy atom. The summed E-state index contributed by atoms with van der Waals surface area (Å²) in [5.74, 6) is 0.141. The Hall–Kier alpha value is -3.60. The third kappa shape index (κ3) is 4.14. The lowest BCUT2D eigenvalue weighted by Gasteiger charge is -2.10. The Morgan fingerprint density at radius 1 is 1.07 bits per heavy atom. The first-order chi connectivity index (χ1) is 14.1. The predicted octanol–water partition coefficient (Wildman–Crippen LogP) is 5.29. The van der Waals surface area contributed by atoms with Crippen LogP contribution in [0.1, 0.15) is 22.4 Å². The number of hydrogen-bond donors (Lipinski definition) is 3. The zero-order chi connectivity index (χ0) is 20.2. The molecule has 0 bridgehead atoms. The van der Waals surface area contributed by atoms with Gasteiger partial charge in [-0.1, -0.05) is 18.2 Å². The molecule has 0 saturated carbocycles. The topological polar surface area (TPSA) is 73.3 Å². The molecule has 0 fully saturated rings. The number of fused-ring (bicyclic) bond motifs is 1. The Bertz CT molecular complexity index is 1160. The number of aryl methyl sites for hydroxylation is 2. The minimum Gasteiger partial charge on any atom is -0.494 e. The van der Waals surface area contributed by atoms with E-state index in [0.29, 0.717) is 5.56 Å². The number of H-pyrrole nitrogens is 1. The van der Waals surface area contributed by atoms with Crippen molar-refractivity contribution in [2.75, 3.05) is 11.9 Å². The van der Waals surface area contributed by atoms with Crippen LogP contribution in [0.2, 0.25) is 0 Å². The van der Waals surface area contributed by atoms with Crippen molar-refractivity contribution in [3.8, 4) is 5.88 Å². The van der Waals surface area contributed by atoms with Gasteiger partial charge in [0.25, 0.3) is 0 Å². The largest absolute Gasteiger partial charge is 0.494 e. The molecule has 0 radical (unpaired) electrons. The lowest BCUT2D eigenvalue weighted by molar-refractivity contribution is 0.457. The van der Waals surface area contributed by atoms with Crippen molar-refractivity contribution in [3.05, 3.63) is 83.2 Å². The second-order valence-electron chi connectivity index (χ2n) is 7.14. The minimum absolute atomic E-state index is 0.141. The molecule has 2 heterocycles. The summed E-state index contributed by atoms with van der Waals surface area (Å²) in [6.45, 7) is 4.92. The number of aliphatic imine (C=N–C) groups is 1. The fourth-order valence-electron chi connectivity index (χ4n) is 3.51. The molecule has 0 unspecified atom stereocenters. The number of benzene rings is 2. The molecule has 29 heavy (non-hydrogen) atoms. The van der Waals surface area contributed by atoms with E-state index in [9.17, 15) is 5.11 Å². The average molecular weight is 384 g/mol. The molecule has 0 atom stereocenters. The normalized spacial score (nSPS) is 11.4. The molecule has 0 aliphatic rings. The minimum atomic E-state index is 0.141. The molecule has 3 N–H and O–H groups in total. The first-order valence-corrected chi connectivity index (χ1v) is 9.70. The first kappa shape index (κ1) is 18.7. The van der Waals surface area contributed by atoms with Gasteiger partial charge in [0.1, 0.15) is 0 Å². The summed E-state index contributed by atoms with van der Waals surface area (Å²) in [4.78, 5) is 11.9. The summed E-state index contributed by atoms with van der Waals surface area (Å²) in [5, 5.41) is 14.7. The van der Waals surface area contributed by atoms with Crippen LogP contribution in [0.15, 0.2) is 65.8 Å². The third-order valence-electron chi connectivity index (χ3n) is 5.03. The molecule has 0 aliphatic heterocycles. The maximum atomic E-state index is 10.3. The van der Waals surface area contributed by atoms with Gasteiger partial charge in [0.05, 0.1) is 11.3 Å². The number of aromatic nitrogens is 2. The first-order valence-electron chi connectivity index (χ1n) is 9.70. The van der Waals surface area contributed by atoms with Gasteiger partial charge in [-0.2, -0.15) is 0 Å². The van der Waals surface area contributed by atoms with E-state index < -0.39 is 0 Å². The molecular weight excluding hydrogens is 360 g/mol. The number of pyridine rings is 1. The van der Waals surface area contributed by atoms with Gasteiger partial charge in [0.15, 0.2) is 5.88 Å². The Kier molecular flexibility index (Phi) is 5.29. The smallest absolute Gasteiger partial charge is 0.198 e. The monoisotopic (exact) mass is 384 g/mol. The predicted molar refractivity (Wildman–Crippen MR) is 120 cm³/mol. The number of hydrogen-bond acceptors (Lipinski definition) is 4. The second kappa shape index (κ2) is 8.19. The quantitative estimate of drug-likeness (QED) is 0.395. The molecular formula is C24H24N4O. The molecule has 0 saturated heterocycles. The van der Waals surface area contributed by atoms with Crippen molar-refractivity contribution in [1.82, 2.24) is 9.97 Å². The van der Waals surface area contributed by atoms with Gasteiger partial charge in [0.2, 0.25) is 0 Å². The van der Waals surface area contributed by atoms with Crippen LogP contribution in [-0.2, 0) is 6.42 Å². The highest BCUT2D eigenvalue weighted by molar-refractivity contribution is 6.04. The van der Waals surface area contributed by atoms with Gasteiger partial charge < -0.3 is 15.4 Å². The highest BCUT2D eigenvalue weighted by Gasteiger charge is 2.10. The number of nitrogens with one attached hydrogen (secondary N) is 2. The van der Waals surface area contributed by atoms with E-state index in [1.54, 1.807) is 6.21 Å². The molecule has 2 aromatic heterocycles. The van der Waals surface area contributed by atoms with E-state index in [-0.39, 0.29) is 5.88 Å². The summed E-state index contributed by atoms with van der Waals surface area (Å²) < 4.78 is 0. The number of aromatic amines is 1. The summed E-state index contributed by atoms with van der Waals surface area (Å²) in [7, 11) is 0. The maximum Gasteiger partial charge on any atom is 0.198 e.